The van der Waals surface area contributed by atoms with E-state index in [-0.39, 0.29) is 5.00 Å². The van der Waals surface area contributed by atoms with Crippen LogP contribution >= 0.6 is 11.3 Å². The number of allylic oxidation sites excluding steroid dienone is 1. The van der Waals surface area contributed by atoms with Gasteiger partial charge in [0.2, 0.25) is 0 Å². The molecule has 1 aromatic rings. The number of nitrogens with zero attached hydrogens (tertiary/aromatic N) is 2. The van der Waals surface area contributed by atoms with Crippen molar-refractivity contribution >= 4 is 21.5 Å². The van der Waals surface area contributed by atoms with Gasteiger partial charge in [0.15, 0.2) is 5.13 Å². The van der Waals surface area contributed by atoms with Crippen LogP contribution in [0.1, 0.15) is 13.3 Å². The first-order chi connectivity index (χ1) is 6.74. The van der Waals surface area contributed by atoms with Crippen LogP contribution in [0.3, 0.4) is 0 Å². The van der Waals surface area contributed by atoms with E-state index < -0.39 is 4.92 Å². The van der Waals surface area contributed by atoms with Crippen molar-refractivity contribution in [1.29, 1.82) is 0 Å². The number of aromatic nitrogens is 1. The van der Waals surface area contributed by atoms with Crippen molar-refractivity contribution in [3.8, 4) is 0 Å². The maximum Gasteiger partial charge on any atom is 0.345 e. The Hall–Kier alpha value is -1.43. The first-order valence-corrected chi connectivity index (χ1v) is 5.01. The molecular formula is C8H11N3O2S. The van der Waals surface area contributed by atoms with Crippen molar-refractivity contribution in [3.63, 3.8) is 0 Å². The Bertz CT molecular complexity index is 335. The van der Waals surface area contributed by atoms with Crippen molar-refractivity contribution < 1.29 is 4.92 Å². The van der Waals surface area contributed by atoms with E-state index in [1.807, 2.05) is 19.1 Å². The van der Waals surface area contributed by atoms with Gasteiger partial charge >= 0.3 is 5.00 Å². The van der Waals surface area contributed by atoms with Gasteiger partial charge in [0, 0.05) is 6.54 Å². The van der Waals surface area contributed by atoms with E-state index in [4.69, 9.17) is 0 Å². The summed E-state index contributed by atoms with van der Waals surface area (Å²) >= 11 is 1.05. The smallest absolute Gasteiger partial charge is 0.345 e. The number of nitrogens with one attached hydrogen (secondary N) is 1. The molecule has 0 radical (unpaired) electrons. The molecule has 1 aromatic heterocycles. The van der Waals surface area contributed by atoms with Gasteiger partial charge in [0.1, 0.15) is 6.20 Å². The molecule has 0 spiro atoms. The third-order valence-electron chi connectivity index (χ3n) is 1.50. The van der Waals surface area contributed by atoms with Crippen LogP contribution in [-0.2, 0) is 0 Å². The van der Waals surface area contributed by atoms with Crippen LogP contribution in [0.15, 0.2) is 18.3 Å². The molecule has 6 heteroatoms. The van der Waals surface area contributed by atoms with E-state index in [1.165, 1.54) is 6.20 Å². The van der Waals surface area contributed by atoms with Gasteiger partial charge in [-0.15, -0.1) is 0 Å². The van der Waals surface area contributed by atoms with Crippen LogP contribution in [0.4, 0.5) is 10.1 Å². The molecule has 0 aliphatic carbocycles. The largest absolute Gasteiger partial charge is 0.361 e. The zero-order valence-electron chi connectivity index (χ0n) is 7.77. The fourth-order valence-corrected chi connectivity index (χ4v) is 1.52. The molecule has 1 heterocycles. The first-order valence-electron chi connectivity index (χ1n) is 4.19. The summed E-state index contributed by atoms with van der Waals surface area (Å²) in [5.74, 6) is 0. The number of thiazole rings is 1. The second-order valence-electron chi connectivity index (χ2n) is 2.55. The van der Waals surface area contributed by atoms with Crippen molar-refractivity contribution in [2.45, 2.75) is 13.3 Å². The van der Waals surface area contributed by atoms with Crippen LogP contribution in [0, 0.1) is 10.1 Å². The summed E-state index contributed by atoms with van der Waals surface area (Å²) in [5, 5.41) is 14.0. The molecule has 0 aliphatic heterocycles. The summed E-state index contributed by atoms with van der Waals surface area (Å²) in [7, 11) is 0. The van der Waals surface area contributed by atoms with Gasteiger partial charge in [-0.3, -0.25) is 10.1 Å². The molecule has 0 amide bonds. The molecule has 0 bridgehead atoms. The molecule has 0 saturated heterocycles. The fourth-order valence-electron chi connectivity index (χ4n) is 0.861. The van der Waals surface area contributed by atoms with E-state index in [9.17, 15) is 10.1 Å². The average molecular weight is 213 g/mol. The predicted molar refractivity (Wildman–Crippen MR) is 56.7 cm³/mol. The van der Waals surface area contributed by atoms with Gasteiger partial charge in [-0.1, -0.05) is 12.2 Å². The third-order valence-corrected chi connectivity index (χ3v) is 2.40. The monoisotopic (exact) mass is 213 g/mol. The van der Waals surface area contributed by atoms with Gasteiger partial charge in [-0.05, 0) is 24.7 Å². The summed E-state index contributed by atoms with van der Waals surface area (Å²) in [6, 6.07) is 0. The highest BCUT2D eigenvalue weighted by molar-refractivity contribution is 7.18. The summed E-state index contributed by atoms with van der Waals surface area (Å²) in [6.45, 7) is 2.70. The Morgan fingerprint density at radius 1 is 1.79 bits per heavy atom. The Morgan fingerprint density at radius 3 is 3.14 bits per heavy atom. The zero-order chi connectivity index (χ0) is 10.4. The minimum atomic E-state index is -0.436. The van der Waals surface area contributed by atoms with E-state index in [2.05, 4.69) is 10.3 Å². The Morgan fingerprint density at radius 2 is 2.57 bits per heavy atom. The molecule has 14 heavy (non-hydrogen) atoms. The van der Waals surface area contributed by atoms with Gasteiger partial charge in [0.25, 0.3) is 0 Å². The molecule has 0 atom stereocenters. The zero-order valence-corrected chi connectivity index (χ0v) is 8.58. The first kappa shape index (κ1) is 10.6. The summed E-state index contributed by atoms with van der Waals surface area (Å²) in [6.07, 6.45) is 6.15. The van der Waals surface area contributed by atoms with Crippen LogP contribution in [0.5, 0.6) is 0 Å². The van der Waals surface area contributed by atoms with Gasteiger partial charge in [-0.2, -0.15) is 0 Å². The lowest BCUT2D eigenvalue weighted by Crippen LogP contribution is -1.98. The number of nitro groups is 1. The van der Waals surface area contributed by atoms with Crippen molar-refractivity contribution in [3.05, 3.63) is 28.5 Å². The predicted octanol–water partition coefficient (Wildman–Crippen LogP) is 2.43. The lowest BCUT2D eigenvalue weighted by molar-refractivity contribution is -0.380. The minimum Gasteiger partial charge on any atom is -0.361 e. The highest BCUT2D eigenvalue weighted by atomic mass is 32.1. The summed E-state index contributed by atoms with van der Waals surface area (Å²) in [4.78, 5) is 13.8. The van der Waals surface area contributed by atoms with Crippen LogP contribution in [0.2, 0.25) is 0 Å². The van der Waals surface area contributed by atoms with E-state index in [0.717, 1.165) is 24.3 Å². The SMILES string of the molecule is C/C=C/CCNc1ncc([N+](=O)[O-])s1. The second-order valence-corrected chi connectivity index (χ2v) is 3.55. The lowest BCUT2D eigenvalue weighted by atomic mass is 10.4. The minimum absolute atomic E-state index is 0.0681. The van der Waals surface area contributed by atoms with Crippen molar-refractivity contribution in [2.24, 2.45) is 0 Å². The highest BCUT2D eigenvalue weighted by Crippen LogP contribution is 2.24. The molecule has 0 saturated carbocycles. The molecule has 5 nitrogen and oxygen atoms in total. The Balaban J connectivity index is 2.40. The molecule has 0 unspecified atom stereocenters. The van der Waals surface area contributed by atoms with Crippen molar-refractivity contribution in [1.82, 2.24) is 4.98 Å². The number of rotatable bonds is 5. The molecule has 1 rings (SSSR count). The summed E-state index contributed by atoms with van der Waals surface area (Å²) in [5.41, 5.74) is 0. The highest BCUT2D eigenvalue weighted by Gasteiger charge is 2.10. The standard InChI is InChI=1S/C8H11N3O2S/c1-2-3-4-5-9-8-10-6-7(14-8)11(12)13/h2-3,6H,4-5H2,1H3,(H,9,10)/b3-2+. The van der Waals surface area contributed by atoms with Crippen LogP contribution < -0.4 is 5.32 Å². The second kappa shape index (κ2) is 5.33. The molecule has 0 aliphatic rings. The van der Waals surface area contributed by atoms with Gasteiger partial charge in [-0.25, -0.2) is 4.98 Å². The maximum absolute atomic E-state index is 10.3. The van der Waals surface area contributed by atoms with Gasteiger partial charge in [0.05, 0.1) is 4.92 Å². The lowest BCUT2D eigenvalue weighted by Gasteiger charge is -1.96. The Kier molecular flexibility index (Phi) is 4.06. The number of anilines is 1. The van der Waals surface area contributed by atoms with Crippen LogP contribution in [-0.4, -0.2) is 16.5 Å². The molecule has 76 valence electrons. The van der Waals surface area contributed by atoms with Crippen molar-refractivity contribution in [2.75, 3.05) is 11.9 Å². The van der Waals surface area contributed by atoms with E-state index >= 15 is 0 Å². The molecule has 0 fully saturated rings. The average Bonchev–Trinajstić information content (AvgIpc) is 2.61. The fraction of sp³-hybridized carbons (Fsp3) is 0.375. The quantitative estimate of drug-likeness (QED) is 0.353. The van der Waals surface area contributed by atoms with E-state index in [0.29, 0.717) is 5.13 Å². The molecule has 1 N–H and O–H groups in total. The molecule has 0 aromatic carbocycles. The summed E-state index contributed by atoms with van der Waals surface area (Å²) < 4.78 is 0. The van der Waals surface area contributed by atoms with E-state index in [1.54, 1.807) is 0 Å². The Labute approximate surface area is 85.6 Å². The molecular weight excluding hydrogens is 202 g/mol. The maximum atomic E-state index is 10.3. The number of hydrogen-bond acceptors (Lipinski definition) is 5. The number of hydrogen-bond donors (Lipinski definition) is 1. The third kappa shape index (κ3) is 3.14. The normalized spacial score (nSPS) is 10.6. The van der Waals surface area contributed by atoms with Crippen LogP contribution in [0.25, 0.3) is 0 Å². The van der Waals surface area contributed by atoms with Gasteiger partial charge < -0.3 is 5.32 Å². The topological polar surface area (TPSA) is 68.1 Å².